The summed E-state index contributed by atoms with van der Waals surface area (Å²) in [6.07, 6.45) is 3.35. The SMILES string of the molecule is CN(C)c1ccc(/C=C/C(=O)c2cc(-c3ccccc3)oc3cc(=O)ccc2-3)cc1. The average Bonchev–Trinajstić information content (AvgIpc) is 2.77. The van der Waals surface area contributed by atoms with E-state index in [1.54, 1.807) is 24.3 Å². The second kappa shape index (κ2) is 8.21. The van der Waals surface area contributed by atoms with E-state index < -0.39 is 0 Å². The summed E-state index contributed by atoms with van der Waals surface area (Å²) in [7, 11) is 3.97. The Morgan fingerprint density at radius 1 is 0.867 bits per heavy atom. The quantitative estimate of drug-likeness (QED) is 0.337. The molecule has 0 unspecified atom stereocenters. The van der Waals surface area contributed by atoms with Crippen LogP contribution in [0.5, 0.6) is 0 Å². The van der Waals surface area contributed by atoms with Gasteiger partial charge < -0.3 is 9.32 Å². The van der Waals surface area contributed by atoms with Gasteiger partial charge in [0.25, 0.3) is 0 Å². The minimum atomic E-state index is -0.161. The van der Waals surface area contributed by atoms with Crippen LogP contribution in [0.25, 0.3) is 28.7 Å². The van der Waals surface area contributed by atoms with Gasteiger partial charge in [-0.25, -0.2) is 0 Å². The minimum Gasteiger partial charge on any atom is -0.456 e. The summed E-state index contributed by atoms with van der Waals surface area (Å²) >= 11 is 0. The summed E-state index contributed by atoms with van der Waals surface area (Å²) < 4.78 is 5.94. The Hall–Kier alpha value is -3.92. The molecule has 2 aromatic rings. The number of anilines is 1. The van der Waals surface area contributed by atoms with Gasteiger partial charge in [0.2, 0.25) is 0 Å². The first-order valence-electron chi connectivity index (χ1n) is 9.64. The van der Waals surface area contributed by atoms with Gasteiger partial charge in [-0.1, -0.05) is 48.5 Å². The molecule has 0 radical (unpaired) electrons. The van der Waals surface area contributed by atoms with Gasteiger partial charge in [-0.05, 0) is 42.0 Å². The highest BCUT2D eigenvalue weighted by molar-refractivity contribution is 6.11. The first-order chi connectivity index (χ1) is 14.5. The Bertz CT molecular complexity index is 1240. The maximum absolute atomic E-state index is 13.1. The summed E-state index contributed by atoms with van der Waals surface area (Å²) in [5.74, 6) is 0.792. The van der Waals surface area contributed by atoms with Crippen molar-refractivity contribution in [2.45, 2.75) is 0 Å². The zero-order chi connectivity index (χ0) is 21.1. The number of rotatable bonds is 5. The van der Waals surface area contributed by atoms with Crippen molar-refractivity contribution in [2.24, 2.45) is 0 Å². The second-order valence-corrected chi connectivity index (χ2v) is 7.23. The van der Waals surface area contributed by atoms with Crippen LogP contribution >= 0.6 is 0 Å². The highest BCUT2D eigenvalue weighted by Gasteiger charge is 2.18. The van der Waals surface area contributed by atoms with E-state index in [-0.39, 0.29) is 11.2 Å². The standard InChI is InChI=1S/C26H21NO3/c1-27(2)20-11-8-18(9-12-20)10-15-24(29)23-17-25(19-6-4-3-5-7-19)30-26-16-21(28)13-14-22(23)26/h3-17H,1-2H3/b15-10+. The fraction of sp³-hybridized carbons (Fsp3) is 0.0769. The van der Waals surface area contributed by atoms with Crippen molar-refractivity contribution in [3.05, 3.63) is 106 Å². The number of carbonyl (C=O) groups is 1. The molecular weight excluding hydrogens is 374 g/mol. The molecule has 0 atom stereocenters. The molecule has 0 amide bonds. The van der Waals surface area contributed by atoms with Crippen LogP contribution in [0.15, 0.2) is 94.2 Å². The normalized spacial score (nSPS) is 11.1. The molecule has 0 N–H and O–H groups in total. The van der Waals surface area contributed by atoms with Crippen molar-refractivity contribution in [3.63, 3.8) is 0 Å². The van der Waals surface area contributed by atoms with E-state index in [0.29, 0.717) is 22.6 Å². The molecule has 1 aliphatic heterocycles. The molecule has 1 heterocycles. The van der Waals surface area contributed by atoms with E-state index >= 15 is 0 Å². The number of hydrogen-bond acceptors (Lipinski definition) is 4. The third-order valence-corrected chi connectivity index (χ3v) is 4.90. The largest absolute Gasteiger partial charge is 0.456 e. The van der Waals surface area contributed by atoms with Crippen LogP contribution in [0.2, 0.25) is 0 Å². The van der Waals surface area contributed by atoms with Crippen molar-refractivity contribution in [2.75, 3.05) is 19.0 Å². The molecule has 0 aromatic heterocycles. The molecule has 30 heavy (non-hydrogen) atoms. The summed E-state index contributed by atoms with van der Waals surface area (Å²) in [5, 5.41) is 0. The molecule has 0 saturated heterocycles. The van der Waals surface area contributed by atoms with Gasteiger partial charge in [-0.2, -0.15) is 0 Å². The van der Waals surface area contributed by atoms with Crippen molar-refractivity contribution >= 4 is 17.5 Å². The summed E-state index contributed by atoms with van der Waals surface area (Å²) in [6, 6.07) is 23.7. The molecule has 4 nitrogen and oxygen atoms in total. The zero-order valence-electron chi connectivity index (χ0n) is 16.8. The van der Waals surface area contributed by atoms with Gasteiger partial charge in [0.15, 0.2) is 11.2 Å². The third kappa shape index (κ3) is 4.08. The van der Waals surface area contributed by atoms with Crippen LogP contribution in [0.3, 0.4) is 0 Å². The average molecular weight is 395 g/mol. The first kappa shape index (κ1) is 19.4. The van der Waals surface area contributed by atoms with Crippen molar-refractivity contribution in [1.82, 2.24) is 0 Å². The lowest BCUT2D eigenvalue weighted by Crippen LogP contribution is -2.07. The number of allylic oxidation sites excluding steroid dienone is 1. The molecule has 2 aliphatic rings. The van der Waals surface area contributed by atoms with E-state index in [1.807, 2.05) is 73.6 Å². The molecule has 4 rings (SSSR count). The highest BCUT2D eigenvalue weighted by Crippen LogP contribution is 2.32. The number of benzene rings is 3. The summed E-state index contributed by atoms with van der Waals surface area (Å²) in [4.78, 5) is 26.9. The molecule has 0 spiro atoms. The van der Waals surface area contributed by atoms with Crippen LogP contribution in [-0.4, -0.2) is 19.9 Å². The van der Waals surface area contributed by atoms with Crippen LogP contribution in [-0.2, 0) is 0 Å². The molecule has 0 fully saturated rings. The molecule has 0 bridgehead atoms. The van der Waals surface area contributed by atoms with Gasteiger partial charge >= 0.3 is 0 Å². The maximum Gasteiger partial charge on any atom is 0.186 e. The topological polar surface area (TPSA) is 50.5 Å². The number of fused-ring (bicyclic) bond motifs is 1. The van der Waals surface area contributed by atoms with Gasteiger partial charge in [-0.15, -0.1) is 0 Å². The van der Waals surface area contributed by atoms with Gasteiger partial charge in [0.05, 0.1) is 0 Å². The lowest BCUT2D eigenvalue weighted by molar-refractivity contribution is 0.104. The van der Waals surface area contributed by atoms with Gasteiger partial charge in [0, 0.05) is 42.5 Å². The monoisotopic (exact) mass is 395 g/mol. The molecule has 148 valence electrons. The second-order valence-electron chi connectivity index (χ2n) is 7.23. The molecular formula is C26H21NO3. The molecule has 0 saturated carbocycles. The van der Waals surface area contributed by atoms with Gasteiger partial charge in [0.1, 0.15) is 11.5 Å². The number of carbonyl (C=O) groups excluding carboxylic acids is 1. The number of ketones is 1. The van der Waals surface area contributed by atoms with Crippen molar-refractivity contribution in [3.8, 4) is 22.6 Å². The lowest BCUT2D eigenvalue weighted by Gasteiger charge is -2.12. The van der Waals surface area contributed by atoms with Crippen LogP contribution in [0.4, 0.5) is 5.69 Å². The highest BCUT2D eigenvalue weighted by atomic mass is 16.3. The van der Waals surface area contributed by atoms with E-state index in [1.165, 1.54) is 12.1 Å². The Labute approximate surface area is 175 Å². The van der Waals surface area contributed by atoms with Crippen molar-refractivity contribution < 1.29 is 9.21 Å². The predicted octanol–water partition coefficient (Wildman–Crippen LogP) is 5.37. The summed E-state index contributed by atoms with van der Waals surface area (Å²) in [6.45, 7) is 0. The minimum absolute atomic E-state index is 0.150. The number of nitrogens with zero attached hydrogens (tertiary/aromatic N) is 1. The van der Waals surface area contributed by atoms with E-state index in [0.717, 1.165) is 16.8 Å². The smallest absolute Gasteiger partial charge is 0.186 e. The fourth-order valence-corrected chi connectivity index (χ4v) is 3.26. The Kier molecular flexibility index (Phi) is 5.31. The van der Waals surface area contributed by atoms with Crippen LogP contribution in [0, 0.1) is 0 Å². The van der Waals surface area contributed by atoms with Gasteiger partial charge in [-0.3, -0.25) is 9.59 Å². The third-order valence-electron chi connectivity index (χ3n) is 4.90. The Morgan fingerprint density at radius 2 is 1.60 bits per heavy atom. The zero-order valence-corrected chi connectivity index (χ0v) is 16.8. The predicted molar refractivity (Wildman–Crippen MR) is 121 cm³/mol. The Morgan fingerprint density at radius 3 is 2.30 bits per heavy atom. The van der Waals surface area contributed by atoms with E-state index in [2.05, 4.69) is 0 Å². The van der Waals surface area contributed by atoms with Crippen LogP contribution < -0.4 is 10.3 Å². The first-order valence-corrected chi connectivity index (χ1v) is 9.64. The van der Waals surface area contributed by atoms with Crippen molar-refractivity contribution in [1.29, 1.82) is 0 Å². The molecule has 1 aliphatic carbocycles. The molecule has 4 heteroatoms. The number of hydrogen-bond donors (Lipinski definition) is 0. The fourth-order valence-electron chi connectivity index (χ4n) is 3.26. The Balaban J connectivity index is 1.73. The molecule has 2 aromatic carbocycles. The lowest BCUT2D eigenvalue weighted by atomic mass is 9.98. The van der Waals surface area contributed by atoms with Crippen LogP contribution in [0.1, 0.15) is 15.9 Å². The maximum atomic E-state index is 13.1. The van der Waals surface area contributed by atoms with E-state index in [4.69, 9.17) is 4.42 Å². The summed E-state index contributed by atoms with van der Waals surface area (Å²) in [5.41, 5.74) is 3.82. The van der Waals surface area contributed by atoms with E-state index in [9.17, 15) is 9.59 Å².